The zero-order chi connectivity index (χ0) is 20.3. The van der Waals surface area contributed by atoms with Crippen LogP contribution in [0.1, 0.15) is 35.4 Å². The number of nitrogens with one attached hydrogen (secondary N) is 2. The average molecular weight is 410 g/mol. The highest BCUT2D eigenvalue weighted by molar-refractivity contribution is 7.92. The van der Waals surface area contributed by atoms with E-state index in [0.717, 1.165) is 43.6 Å². The fourth-order valence-electron chi connectivity index (χ4n) is 4.08. The molecule has 2 heterocycles. The first-order valence-electron chi connectivity index (χ1n) is 10.0. The Balaban J connectivity index is 1.47. The Labute approximate surface area is 172 Å². The summed E-state index contributed by atoms with van der Waals surface area (Å²) in [5.41, 5.74) is 4.69. The van der Waals surface area contributed by atoms with Crippen molar-refractivity contribution in [3.8, 4) is 0 Å². The van der Waals surface area contributed by atoms with Gasteiger partial charge in [0.05, 0.1) is 0 Å². The van der Waals surface area contributed by atoms with Crippen molar-refractivity contribution in [2.24, 2.45) is 0 Å². The van der Waals surface area contributed by atoms with Crippen molar-refractivity contribution < 1.29 is 8.42 Å². The Kier molecular flexibility index (Phi) is 5.85. The zero-order valence-corrected chi connectivity index (χ0v) is 17.5. The van der Waals surface area contributed by atoms with E-state index in [1.807, 2.05) is 12.1 Å². The van der Waals surface area contributed by atoms with Gasteiger partial charge in [0.25, 0.3) is 0 Å². The van der Waals surface area contributed by atoms with Crippen LogP contribution < -0.4 is 4.72 Å². The first-order valence-corrected chi connectivity index (χ1v) is 11.6. The molecule has 1 aliphatic heterocycles. The lowest BCUT2D eigenvalue weighted by atomic mass is 9.88. The van der Waals surface area contributed by atoms with Crippen LogP contribution in [0.4, 0.5) is 0 Å². The lowest BCUT2D eigenvalue weighted by molar-refractivity contribution is 0.205. The van der Waals surface area contributed by atoms with Crippen molar-refractivity contribution in [3.63, 3.8) is 0 Å². The van der Waals surface area contributed by atoms with Crippen molar-refractivity contribution in [3.05, 3.63) is 76.8 Å². The molecular formula is C23H27N3O2S. The van der Waals surface area contributed by atoms with Crippen molar-refractivity contribution in [1.29, 1.82) is 0 Å². The van der Waals surface area contributed by atoms with Gasteiger partial charge in [0.2, 0.25) is 10.0 Å². The maximum atomic E-state index is 11.7. The maximum absolute atomic E-state index is 11.7. The molecule has 0 radical (unpaired) electrons. The van der Waals surface area contributed by atoms with Crippen molar-refractivity contribution in [2.45, 2.75) is 25.3 Å². The quantitative estimate of drug-likeness (QED) is 0.645. The summed E-state index contributed by atoms with van der Waals surface area (Å²) in [5.74, 6) is 0.524. The molecule has 0 aliphatic carbocycles. The van der Waals surface area contributed by atoms with Gasteiger partial charge in [0, 0.05) is 29.1 Å². The van der Waals surface area contributed by atoms with E-state index < -0.39 is 10.0 Å². The van der Waals surface area contributed by atoms with Gasteiger partial charge in [-0.2, -0.15) is 0 Å². The minimum atomic E-state index is -3.36. The molecule has 3 aromatic rings. The number of aromatic nitrogens is 1. The highest BCUT2D eigenvalue weighted by Crippen LogP contribution is 2.34. The molecule has 0 spiro atoms. The smallest absolute Gasteiger partial charge is 0.233 e. The molecule has 0 amide bonds. The maximum Gasteiger partial charge on any atom is 0.233 e. The molecule has 1 aliphatic rings. The minimum absolute atomic E-state index is 0.524. The third-order valence-electron chi connectivity index (χ3n) is 5.74. The van der Waals surface area contributed by atoms with Crippen LogP contribution >= 0.6 is 0 Å². The fraction of sp³-hybridized carbons (Fsp3) is 0.304. The van der Waals surface area contributed by atoms with Crippen molar-refractivity contribution >= 4 is 27.0 Å². The number of nitrogens with zero attached hydrogens (tertiary/aromatic N) is 1. The zero-order valence-electron chi connectivity index (χ0n) is 16.6. The van der Waals surface area contributed by atoms with E-state index in [-0.39, 0.29) is 0 Å². The molecule has 5 nitrogen and oxygen atoms in total. The van der Waals surface area contributed by atoms with E-state index in [4.69, 9.17) is 0 Å². The first-order chi connectivity index (χ1) is 14.0. The van der Waals surface area contributed by atoms with Gasteiger partial charge >= 0.3 is 0 Å². The third kappa shape index (κ3) is 4.78. The molecule has 1 fully saturated rings. The standard InChI is InChI=1S/C23H27N3O2S/c1-24-29(27,28)14-11-18-7-8-23-21(15-18)22(16-25-23)20-9-12-26(13-10-20)17-19-5-3-2-4-6-19/h2-8,11,14-16,20,24-25H,9-10,12-13,17H2,1H3. The second kappa shape index (κ2) is 8.53. The summed E-state index contributed by atoms with van der Waals surface area (Å²) < 4.78 is 25.6. The van der Waals surface area contributed by atoms with Crippen LogP contribution in [0, 0.1) is 0 Å². The van der Waals surface area contributed by atoms with Gasteiger partial charge in [0.15, 0.2) is 0 Å². The SMILES string of the molecule is CNS(=O)(=O)C=Cc1ccc2[nH]cc(C3CCN(Cc4ccccc4)CC3)c2c1. The van der Waals surface area contributed by atoms with Crippen LogP contribution in [0.2, 0.25) is 0 Å². The average Bonchev–Trinajstić information content (AvgIpc) is 3.17. The van der Waals surface area contributed by atoms with E-state index >= 15 is 0 Å². The van der Waals surface area contributed by atoms with Gasteiger partial charge in [-0.1, -0.05) is 36.4 Å². The van der Waals surface area contributed by atoms with Crippen molar-refractivity contribution in [1.82, 2.24) is 14.6 Å². The molecule has 152 valence electrons. The summed E-state index contributed by atoms with van der Waals surface area (Å²) in [7, 11) is -1.95. The van der Waals surface area contributed by atoms with Crippen molar-refractivity contribution in [2.75, 3.05) is 20.1 Å². The molecule has 2 aromatic carbocycles. The summed E-state index contributed by atoms with van der Waals surface area (Å²) in [4.78, 5) is 5.90. The van der Waals surface area contributed by atoms with Crippen LogP contribution in [-0.2, 0) is 16.6 Å². The topological polar surface area (TPSA) is 65.2 Å². The minimum Gasteiger partial charge on any atom is -0.361 e. The number of piperidine rings is 1. The molecule has 4 rings (SSSR count). The van der Waals surface area contributed by atoms with Gasteiger partial charge in [-0.3, -0.25) is 4.90 Å². The molecule has 6 heteroatoms. The number of rotatable bonds is 6. The predicted octanol–water partition coefficient (Wildman–Crippen LogP) is 4.07. The number of sulfonamides is 1. The van der Waals surface area contributed by atoms with E-state index in [1.165, 1.54) is 29.0 Å². The van der Waals surface area contributed by atoms with Gasteiger partial charge in [-0.25, -0.2) is 13.1 Å². The molecular weight excluding hydrogens is 382 g/mol. The molecule has 0 bridgehead atoms. The number of hydrogen-bond acceptors (Lipinski definition) is 3. The normalized spacial score (nSPS) is 16.7. The Morgan fingerprint density at radius 2 is 1.90 bits per heavy atom. The van der Waals surface area contributed by atoms with Crippen LogP contribution in [-0.4, -0.2) is 38.4 Å². The van der Waals surface area contributed by atoms with Crippen LogP contribution in [0.25, 0.3) is 17.0 Å². The third-order valence-corrected chi connectivity index (χ3v) is 6.80. The molecule has 1 saturated heterocycles. The summed E-state index contributed by atoms with van der Waals surface area (Å²) in [6.45, 7) is 3.19. The number of likely N-dealkylation sites (tertiary alicyclic amines) is 1. The van der Waals surface area contributed by atoms with Gasteiger partial charge in [-0.05, 0) is 73.8 Å². The highest BCUT2D eigenvalue weighted by Gasteiger charge is 2.22. The second-order valence-corrected chi connectivity index (χ2v) is 9.41. The molecule has 0 saturated carbocycles. The van der Waals surface area contributed by atoms with Gasteiger partial charge < -0.3 is 4.98 Å². The first kappa shape index (κ1) is 19.9. The molecule has 29 heavy (non-hydrogen) atoms. The summed E-state index contributed by atoms with van der Waals surface area (Å²) in [6, 6.07) is 16.7. The van der Waals surface area contributed by atoms with E-state index in [2.05, 4.69) is 57.2 Å². The Morgan fingerprint density at radius 3 is 2.62 bits per heavy atom. The molecule has 1 aromatic heterocycles. The molecule has 0 atom stereocenters. The number of aromatic amines is 1. The largest absolute Gasteiger partial charge is 0.361 e. The van der Waals surface area contributed by atoms with E-state index in [9.17, 15) is 8.42 Å². The fourth-order valence-corrected chi connectivity index (χ4v) is 4.55. The van der Waals surface area contributed by atoms with Gasteiger partial charge in [0.1, 0.15) is 0 Å². The lowest BCUT2D eigenvalue weighted by Crippen LogP contribution is -2.32. The number of benzene rings is 2. The van der Waals surface area contributed by atoms with Gasteiger partial charge in [-0.15, -0.1) is 0 Å². The summed E-state index contributed by atoms with van der Waals surface area (Å²) in [6.07, 6.45) is 6.03. The Hall–Kier alpha value is -2.41. The number of fused-ring (bicyclic) bond motifs is 1. The van der Waals surface area contributed by atoms with Crippen LogP contribution in [0.5, 0.6) is 0 Å². The molecule has 2 N–H and O–H groups in total. The Morgan fingerprint density at radius 1 is 1.14 bits per heavy atom. The summed E-state index contributed by atoms with van der Waals surface area (Å²) in [5, 5.41) is 2.40. The van der Waals surface area contributed by atoms with Crippen LogP contribution in [0.15, 0.2) is 60.1 Å². The Bertz CT molecular complexity index is 1100. The second-order valence-electron chi connectivity index (χ2n) is 7.64. The van der Waals surface area contributed by atoms with E-state index in [0.29, 0.717) is 5.92 Å². The highest BCUT2D eigenvalue weighted by atomic mass is 32.2. The van der Waals surface area contributed by atoms with E-state index in [1.54, 1.807) is 6.08 Å². The molecule has 0 unspecified atom stereocenters. The number of H-pyrrole nitrogens is 1. The predicted molar refractivity (Wildman–Crippen MR) is 119 cm³/mol. The monoisotopic (exact) mass is 409 g/mol. The lowest BCUT2D eigenvalue weighted by Gasteiger charge is -2.32. The summed E-state index contributed by atoms with van der Waals surface area (Å²) >= 11 is 0. The number of hydrogen-bond donors (Lipinski definition) is 2. The van der Waals surface area contributed by atoms with Crippen LogP contribution in [0.3, 0.4) is 0 Å².